The first kappa shape index (κ1) is 13.3. The number of carbonyl (C=O) groups is 1. The second kappa shape index (κ2) is 6.14. The second-order valence-corrected chi connectivity index (χ2v) is 5.46. The van der Waals surface area contributed by atoms with Gasteiger partial charge >= 0.3 is 0 Å². The minimum absolute atomic E-state index is 0.0931. The molecule has 0 spiro atoms. The van der Waals surface area contributed by atoms with E-state index in [-0.39, 0.29) is 5.91 Å². The number of amides is 1. The minimum atomic E-state index is 0.0931. The quantitative estimate of drug-likeness (QED) is 0.838. The lowest BCUT2D eigenvalue weighted by Crippen LogP contribution is -2.29. The molecule has 0 N–H and O–H groups in total. The molecule has 0 saturated carbocycles. The summed E-state index contributed by atoms with van der Waals surface area (Å²) in [5, 5.41) is 0.577. The molecule has 1 aliphatic rings. The normalized spacial score (nSPS) is 19.0. The first-order valence-corrected chi connectivity index (χ1v) is 7.59. The molecule has 1 atom stereocenters. The van der Waals surface area contributed by atoms with E-state index in [2.05, 4.69) is 6.26 Å². The Balaban J connectivity index is 2.14. The van der Waals surface area contributed by atoms with Gasteiger partial charge in [0.1, 0.15) is 5.75 Å². The van der Waals surface area contributed by atoms with Crippen LogP contribution in [0, 0.1) is 0 Å². The number of rotatable bonds is 4. The standard InChI is InChI=1S/C14H19NO2S/c1-3-17-13-7-5-4-6-12(13)14(16)15-9-8-11(10-15)18-2/h4-7,11H,3,8-10H2,1-2H3/t11-/m1/s1. The monoisotopic (exact) mass is 265 g/mol. The molecular formula is C14H19NO2S. The van der Waals surface area contributed by atoms with Crippen LogP contribution in [0.15, 0.2) is 24.3 Å². The average molecular weight is 265 g/mol. The lowest BCUT2D eigenvalue weighted by molar-refractivity contribution is 0.0789. The van der Waals surface area contributed by atoms with Crippen LogP contribution in [0.5, 0.6) is 5.75 Å². The summed E-state index contributed by atoms with van der Waals surface area (Å²) < 4.78 is 5.52. The van der Waals surface area contributed by atoms with Crippen molar-refractivity contribution in [2.75, 3.05) is 26.0 Å². The van der Waals surface area contributed by atoms with Gasteiger partial charge in [0.15, 0.2) is 0 Å². The van der Waals surface area contributed by atoms with Crippen LogP contribution in [0.4, 0.5) is 0 Å². The van der Waals surface area contributed by atoms with Gasteiger partial charge in [0.2, 0.25) is 0 Å². The highest BCUT2D eigenvalue weighted by molar-refractivity contribution is 7.99. The lowest BCUT2D eigenvalue weighted by Gasteiger charge is -2.18. The van der Waals surface area contributed by atoms with E-state index in [9.17, 15) is 4.79 Å². The molecule has 0 aliphatic carbocycles. The highest BCUT2D eigenvalue weighted by Crippen LogP contribution is 2.25. The van der Waals surface area contributed by atoms with Gasteiger partial charge in [-0.2, -0.15) is 11.8 Å². The zero-order valence-corrected chi connectivity index (χ0v) is 11.7. The summed E-state index contributed by atoms with van der Waals surface area (Å²) in [6.45, 7) is 4.21. The van der Waals surface area contributed by atoms with E-state index in [1.54, 1.807) is 0 Å². The van der Waals surface area contributed by atoms with E-state index in [0.29, 0.717) is 23.2 Å². The molecule has 1 aromatic rings. The molecule has 3 nitrogen and oxygen atoms in total. The number of para-hydroxylation sites is 1. The summed E-state index contributed by atoms with van der Waals surface area (Å²) in [4.78, 5) is 14.4. The molecule has 0 radical (unpaired) electrons. The molecule has 1 amide bonds. The Bertz CT molecular complexity index is 422. The summed E-state index contributed by atoms with van der Waals surface area (Å²) in [5.41, 5.74) is 0.682. The van der Waals surface area contributed by atoms with Crippen molar-refractivity contribution in [1.82, 2.24) is 4.90 Å². The van der Waals surface area contributed by atoms with Crippen molar-refractivity contribution in [1.29, 1.82) is 0 Å². The van der Waals surface area contributed by atoms with Gasteiger partial charge in [0, 0.05) is 18.3 Å². The fourth-order valence-corrected chi connectivity index (χ4v) is 2.87. The number of thioether (sulfide) groups is 1. The molecule has 1 fully saturated rings. The Morgan fingerprint density at radius 2 is 2.28 bits per heavy atom. The van der Waals surface area contributed by atoms with Gasteiger partial charge in [-0.1, -0.05) is 12.1 Å². The first-order chi connectivity index (χ1) is 8.76. The number of carbonyl (C=O) groups excluding carboxylic acids is 1. The molecule has 0 aromatic heterocycles. The Kier molecular flexibility index (Phi) is 4.53. The van der Waals surface area contributed by atoms with Crippen LogP contribution in [0.3, 0.4) is 0 Å². The summed E-state index contributed by atoms with van der Waals surface area (Å²) >= 11 is 1.84. The fourth-order valence-electron chi connectivity index (χ4n) is 2.20. The number of benzene rings is 1. The third-order valence-electron chi connectivity index (χ3n) is 3.18. The van der Waals surface area contributed by atoms with Gasteiger partial charge in [0.25, 0.3) is 5.91 Å². The van der Waals surface area contributed by atoms with E-state index < -0.39 is 0 Å². The number of likely N-dealkylation sites (tertiary alicyclic amines) is 1. The Labute approximate surface area is 113 Å². The summed E-state index contributed by atoms with van der Waals surface area (Å²) in [7, 11) is 0. The molecular weight excluding hydrogens is 246 g/mol. The van der Waals surface area contributed by atoms with Gasteiger partial charge in [0.05, 0.1) is 12.2 Å². The van der Waals surface area contributed by atoms with Crippen LogP contribution in [0.2, 0.25) is 0 Å². The molecule has 2 rings (SSSR count). The molecule has 1 heterocycles. The van der Waals surface area contributed by atoms with E-state index in [4.69, 9.17) is 4.74 Å². The predicted molar refractivity (Wildman–Crippen MR) is 75.4 cm³/mol. The number of hydrogen-bond acceptors (Lipinski definition) is 3. The van der Waals surface area contributed by atoms with Crippen molar-refractivity contribution in [2.24, 2.45) is 0 Å². The summed E-state index contributed by atoms with van der Waals surface area (Å²) in [6, 6.07) is 7.49. The Morgan fingerprint density at radius 3 is 2.94 bits per heavy atom. The maximum Gasteiger partial charge on any atom is 0.257 e. The molecule has 1 aromatic carbocycles. The molecule has 1 aliphatic heterocycles. The number of nitrogens with zero attached hydrogens (tertiary/aromatic N) is 1. The van der Waals surface area contributed by atoms with Crippen molar-refractivity contribution < 1.29 is 9.53 Å². The highest BCUT2D eigenvalue weighted by atomic mass is 32.2. The molecule has 1 saturated heterocycles. The van der Waals surface area contributed by atoms with Gasteiger partial charge in [-0.25, -0.2) is 0 Å². The summed E-state index contributed by atoms with van der Waals surface area (Å²) in [5.74, 6) is 0.785. The van der Waals surface area contributed by atoms with Crippen molar-refractivity contribution in [3.8, 4) is 5.75 Å². The Morgan fingerprint density at radius 1 is 1.50 bits per heavy atom. The minimum Gasteiger partial charge on any atom is -0.493 e. The van der Waals surface area contributed by atoms with Crippen LogP contribution >= 0.6 is 11.8 Å². The van der Waals surface area contributed by atoms with E-state index >= 15 is 0 Å². The Hall–Kier alpha value is -1.16. The third kappa shape index (κ3) is 2.80. The first-order valence-electron chi connectivity index (χ1n) is 6.30. The van der Waals surface area contributed by atoms with E-state index in [1.165, 1.54) is 0 Å². The topological polar surface area (TPSA) is 29.5 Å². The van der Waals surface area contributed by atoms with Crippen molar-refractivity contribution in [3.63, 3.8) is 0 Å². The van der Waals surface area contributed by atoms with Crippen molar-refractivity contribution in [2.45, 2.75) is 18.6 Å². The fraction of sp³-hybridized carbons (Fsp3) is 0.500. The van der Waals surface area contributed by atoms with Crippen LogP contribution in [0.1, 0.15) is 23.7 Å². The van der Waals surface area contributed by atoms with Gasteiger partial charge in [-0.05, 0) is 31.7 Å². The predicted octanol–water partition coefficient (Wildman–Crippen LogP) is 2.66. The van der Waals surface area contributed by atoms with Crippen LogP contribution in [-0.4, -0.2) is 42.0 Å². The summed E-state index contributed by atoms with van der Waals surface area (Å²) in [6.07, 6.45) is 3.19. The maximum absolute atomic E-state index is 12.4. The van der Waals surface area contributed by atoms with Crippen molar-refractivity contribution >= 4 is 17.7 Å². The third-order valence-corrected chi connectivity index (χ3v) is 4.23. The zero-order valence-electron chi connectivity index (χ0n) is 10.9. The van der Waals surface area contributed by atoms with E-state index in [1.807, 2.05) is 47.9 Å². The van der Waals surface area contributed by atoms with Crippen LogP contribution in [-0.2, 0) is 0 Å². The number of hydrogen-bond donors (Lipinski definition) is 0. The van der Waals surface area contributed by atoms with E-state index in [0.717, 1.165) is 19.5 Å². The largest absolute Gasteiger partial charge is 0.493 e. The smallest absolute Gasteiger partial charge is 0.257 e. The molecule has 98 valence electrons. The zero-order chi connectivity index (χ0) is 13.0. The van der Waals surface area contributed by atoms with Crippen LogP contribution < -0.4 is 4.74 Å². The van der Waals surface area contributed by atoms with Gasteiger partial charge in [-0.3, -0.25) is 4.79 Å². The SMILES string of the molecule is CCOc1ccccc1C(=O)N1CC[C@@H](SC)C1. The molecule has 4 heteroatoms. The number of ether oxygens (including phenoxy) is 1. The average Bonchev–Trinajstić information content (AvgIpc) is 2.88. The van der Waals surface area contributed by atoms with Crippen LogP contribution in [0.25, 0.3) is 0 Å². The van der Waals surface area contributed by atoms with Gasteiger partial charge in [-0.15, -0.1) is 0 Å². The van der Waals surface area contributed by atoms with Crippen molar-refractivity contribution in [3.05, 3.63) is 29.8 Å². The lowest BCUT2D eigenvalue weighted by atomic mass is 10.2. The molecule has 0 bridgehead atoms. The molecule has 18 heavy (non-hydrogen) atoms. The molecule has 0 unspecified atom stereocenters. The maximum atomic E-state index is 12.4. The van der Waals surface area contributed by atoms with Gasteiger partial charge < -0.3 is 9.64 Å². The second-order valence-electron chi connectivity index (χ2n) is 4.33. The highest BCUT2D eigenvalue weighted by Gasteiger charge is 2.27.